The first-order valence-electron chi connectivity index (χ1n) is 6.27. The predicted molar refractivity (Wildman–Crippen MR) is 78.6 cm³/mol. The number of nitrogens with one attached hydrogen (secondary N) is 1. The van der Waals surface area contributed by atoms with Crippen LogP contribution in [-0.4, -0.2) is 14.5 Å². The summed E-state index contributed by atoms with van der Waals surface area (Å²) in [6.07, 6.45) is 6.62. The zero-order valence-corrected chi connectivity index (χ0v) is 13.6. The maximum Gasteiger partial charge on any atom is 0.241 e. The summed E-state index contributed by atoms with van der Waals surface area (Å²) in [5.41, 5.74) is 0. The molecule has 0 saturated heterocycles. The van der Waals surface area contributed by atoms with Crippen molar-refractivity contribution in [1.82, 2.24) is 4.72 Å². The molecule has 0 bridgehead atoms. The van der Waals surface area contributed by atoms with Gasteiger partial charge in [-0.15, -0.1) is 11.3 Å². The van der Waals surface area contributed by atoms with E-state index in [0.717, 1.165) is 34.3 Å². The topological polar surface area (TPSA) is 46.2 Å². The molecule has 1 aliphatic rings. The first-order chi connectivity index (χ1) is 8.49. The van der Waals surface area contributed by atoms with Crippen molar-refractivity contribution >= 4 is 37.3 Å². The third-order valence-corrected chi connectivity index (χ3v) is 6.64. The summed E-state index contributed by atoms with van der Waals surface area (Å²) in [6, 6.07) is 1.80. The van der Waals surface area contributed by atoms with Gasteiger partial charge in [-0.25, -0.2) is 13.1 Å². The smallest absolute Gasteiger partial charge is 0.208 e. The molecule has 1 heterocycles. The summed E-state index contributed by atoms with van der Waals surface area (Å²) >= 11 is 4.80. The molecule has 1 aromatic rings. The lowest BCUT2D eigenvalue weighted by Gasteiger charge is -2.16. The van der Waals surface area contributed by atoms with E-state index in [4.69, 9.17) is 0 Å². The number of hydrogen-bond donors (Lipinski definition) is 1. The van der Waals surface area contributed by atoms with Crippen molar-refractivity contribution in [2.75, 3.05) is 0 Å². The highest BCUT2D eigenvalue weighted by molar-refractivity contribution is 9.11. The number of halogens is 1. The normalized spacial score (nSPS) is 18.8. The van der Waals surface area contributed by atoms with Gasteiger partial charge in [0.05, 0.1) is 8.68 Å². The molecule has 0 radical (unpaired) electrons. The van der Waals surface area contributed by atoms with Gasteiger partial charge in [-0.3, -0.25) is 0 Å². The second kappa shape index (κ2) is 6.03. The number of rotatable bonds is 3. The van der Waals surface area contributed by atoms with Crippen molar-refractivity contribution in [2.45, 2.75) is 56.4 Å². The Morgan fingerprint density at radius 1 is 1.28 bits per heavy atom. The SMILES string of the molecule is Cc1sc(Br)cc1S(=O)(=O)NC1CCCCCC1. The van der Waals surface area contributed by atoms with E-state index in [1.54, 1.807) is 6.07 Å². The molecule has 0 aliphatic heterocycles. The van der Waals surface area contributed by atoms with Crippen LogP contribution >= 0.6 is 27.3 Å². The molecule has 2 rings (SSSR count). The largest absolute Gasteiger partial charge is 0.241 e. The molecule has 0 unspecified atom stereocenters. The molecule has 1 aliphatic carbocycles. The molecule has 0 amide bonds. The second-order valence-electron chi connectivity index (χ2n) is 4.78. The van der Waals surface area contributed by atoms with Crippen LogP contribution in [0.2, 0.25) is 0 Å². The van der Waals surface area contributed by atoms with E-state index in [1.165, 1.54) is 24.2 Å². The minimum Gasteiger partial charge on any atom is -0.208 e. The fourth-order valence-electron chi connectivity index (χ4n) is 2.38. The van der Waals surface area contributed by atoms with E-state index in [0.29, 0.717) is 4.90 Å². The molecule has 1 fully saturated rings. The van der Waals surface area contributed by atoms with Gasteiger partial charge in [0.1, 0.15) is 0 Å². The summed E-state index contributed by atoms with van der Waals surface area (Å²) in [5, 5.41) is 0. The lowest BCUT2D eigenvalue weighted by molar-refractivity contribution is 0.510. The molecular formula is C12H18BrNO2S2. The van der Waals surface area contributed by atoms with E-state index < -0.39 is 10.0 Å². The van der Waals surface area contributed by atoms with E-state index in [-0.39, 0.29) is 6.04 Å². The number of sulfonamides is 1. The minimum absolute atomic E-state index is 0.107. The van der Waals surface area contributed by atoms with Gasteiger partial charge in [0.25, 0.3) is 0 Å². The molecule has 18 heavy (non-hydrogen) atoms. The van der Waals surface area contributed by atoms with Crippen molar-refractivity contribution in [3.63, 3.8) is 0 Å². The second-order valence-corrected chi connectivity index (χ2v) is 9.10. The first-order valence-corrected chi connectivity index (χ1v) is 9.36. The summed E-state index contributed by atoms with van der Waals surface area (Å²) < 4.78 is 28.4. The molecule has 3 nitrogen and oxygen atoms in total. The third-order valence-electron chi connectivity index (χ3n) is 3.31. The van der Waals surface area contributed by atoms with E-state index in [2.05, 4.69) is 20.7 Å². The molecular weight excluding hydrogens is 334 g/mol. The Bertz CT molecular complexity index is 502. The molecule has 0 aromatic carbocycles. The van der Waals surface area contributed by atoms with Crippen LogP contribution in [0.25, 0.3) is 0 Å². The van der Waals surface area contributed by atoms with Gasteiger partial charge in [-0.1, -0.05) is 25.7 Å². The Labute approximate surface area is 121 Å². The van der Waals surface area contributed by atoms with Crippen LogP contribution in [0.3, 0.4) is 0 Å². The van der Waals surface area contributed by atoms with E-state index >= 15 is 0 Å². The first kappa shape index (κ1) is 14.5. The van der Waals surface area contributed by atoms with Gasteiger partial charge in [0, 0.05) is 10.9 Å². The molecule has 0 spiro atoms. The van der Waals surface area contributed by atoms with Crippen molar-refractivity contribution < 1.29 is 8.42 Å². The monoisotopic (exact) mass is 351 g/mol. The fourth-order valence-corrected chi connectivity index (χ4v) is 6.10. The Morgan fingerprint density at radius 3 is 2.39 bits per heavy atom. The Hall–Kier alpha value is 0.0900. The average molecular weight is 352 g/mol. The van der Waals surface area contributed by atoms with E-state index in [1.807, 2.05) is 6.92 Å². The maximum atomic E-state index is 12.3. The van der Waals surface area contributed by atoms with Crippen molar-refractivity contribution in [3.8, 4) is 0 Å². The third kappa shape index (κ3) is 3.56. The van der Waals surface area contributed by atoms with E-state index in [9.17, 15) is 8.42 Å². The predicted octanol–water partition coefficient (Wildman–Crippen LogP) is 3.82. The quantitative estimate of drug-likeness (QED) is 0.841. The van der Waals surface area contributed by atoms with Gasteiger partial charge in [-0.2, -0.15) is 0 Å². The minimum atomic E-state index is -3.36. The van der Waals surface area contributed by atoms with Crippen molar-refractivity contribution in [3.05, 3.63) is 14.7 Å². The van der Waals surface area contributed by atoms with Gasteiger partial charge < -0.3 is 0 Å². The van der Waals surface area contributed by atoms with Crippen molar-refractivity contribution in [1.29, 1.82) is 0 Å². The highest BCUT2D eigenvalue weighted by Gasteiger charge is 2.23. The summed E-state index contributed by atoms with van der Waals surface area (Å²) in [7, 11) is -3.36. The lowest BCUT2D eigenvalue weighted by Crippen LogP contribution is -2.34. The van der Waals surface area contributed by atoms with Gasteiger partial charge >= 0.3 is 0 Å². The molecule has 1 saturated carbocycles. The number of thiophene rings is 1. The standard InChI is InChI=1S/C12H18BrNO2S2/c1-9-11(8-12(13)17-9)18(15,16)14-10-6-4-2-3-5-7-10/h8,10,14H,2-7H2,1H3. The van der Waals surface area contributed by atoms with Crippen LogP contribution in [0.5, 0.6) is 0 Å². The number of aryl methyl sites for hydroxylation is 1. The maximum absolute atomic E-state index is 12.3. The highest BCUT2D eigenvalue weighted by Crippen LogP contribution is 2.30. The van der Waals surface area contributed by atoms with Gasteiger partial charge in [-0.05, 0) is 41.8 Å². The Balaban J connectivity index is 2.13. The average Bonchev–Trinajstić information content (AvgIpc) is 2.51. The summed E-state index contributed by atoms with van der Waals surface area (Å²) in [4.78, 5) is 1.26. The molecule has 6 heteroatoms. The lowest BCUT2D eigenvalue weighted by atomic mass is 10.1. The molecule has 102 valence electrons. The molecule has 1 aromatic heterocycles. The zero-order chi connectivity index (χ0) is 13.2. The zero-order valence-electron chi connectivity index (χ0n) is 10.4. The fraction of sp³-hybridized carbons (Fsp3) is 0.667. The highest BCUT2D eigenvalue weighted by atomic mass is 79.9. The van der Waals surface area contributed by atoms with Crippen LogP contribution in [0, 0.1) is 6.92 Å². The van der Waals surface area contributed by atoms with Crippen LogP contribution in [0.4, 0.5) is 0 Å². The van der Waals surface area contributed by atoms with Crippen LogP contribution in [0.15, 0.2) is 14.7 Å². The Kier molecular flexibility index (Phi) is 4.86. The summed E-state index contributed by atoms with van der Waals surface area (Å²) in [6.45, 7) is 1.84. The molecule has 0 atom stereocenters. The van der Waals surface area contributed by atoms with Crippen LogP contribution < -0.4 is 4.72 Å². The van der Waals surface area contributed by atoms with Gasteiger partial charge in [0.2, 0.25) is 10.0 Å². The van der Waals surface area contributed by atoms with Crippen LogP contribution in [0.1, 0.15) is 43.4 Å². The molecule has 1 N–H and O–H groups in total. The Morgan fingerprint density at radius 2 is 1.89 bits per heavy atom. The van der Waals surface area contributed by atoms with Crippen LogP contribution in [-0.2, 0) is 10.0 Å². The number of hydrogen-bond acceptors (Lipinski definition) is 3. The van der Waals surface area contributed by atoms with Crippen molar-refractivity contribution in [2.24, 2.45) is 0 Å². The summed E-state index contributed by atoms with van der Waals surface area (Å²) in [5.74, 6) is 0. The van der Waals surface area contributed by atoms with Gasteiger partial charge in [0.15, 0.2) is 0 Å².